The number of amides is 1. The third-order valence-corrected chi connectivity index (χ3v) is 5.81. The van der Waals surface area contributed by atoms with E-state index in [2.05, 4.69) is 20.9 Å². The number of nitrogens with zero attached hydrogens (tertiary/aromatic N) is 2. The van der Waals surface area contributed by atoms with Crippen molar-refractivity contribution in [1.82, 2.24) is 4.90 Å². The van der Waals surface area contributed by atoms with Gasteiger partial charge >= 0.3 is 0 Å². The molecule has 1 atom stereocenters. The maximum atomic E-state index is 12.6. The SMILES string of the molecule is CN1C(=O)[C@@H](Cc2ccc3c(c2)OCO3)SC1=Nc1ccc(Br)cc1. The number of amidine groups is 1. The Kier molecular flexibility index (Phi) is 4.43. The number of carbonyl (C=O) groups excluding carboxylic acids is 1. The Morgan fingerprint density at radius 2 is 1.96 bits per heavy atom. The molecule has 2 heterocycles. The number of thioether (sulfide) groups is 1. The topological polar surface area (TPSA) is 51.1 Å². The molecule has 0 spiro atoms. The van der Waals surface area contributed by atoms with Crippen LogP contribution in [0.3, 0.4) is 0 Å². The Morgan fingerprint density at radius 1 is 1.20 bits per heavy atom. The fraction of sp³-hybridized carbons (Fsp3) is 0.222. The van der Waals surface area contributed by atoms with Crippen molar-refractivity contribution >= 4 is 44.5 Å². The standard InChI is InChI=1S/C18H15BrN2O3S/c1-21-17(22)16(9-11-2-7-14-15(8-11)24-10-23-14)25-18(21)20-13-5-3-12(19)4-6-13/h2-8,16H,9-10H2,1H3/t16-/m1/s1. The third kappa shape index (κ3) is 3.39. The van der Waals surface area contributed by atoms with Gasteiger partial charge in [0.15, 0.2) is 16.7 Å². The lowest BCUT2D eigenvalue weighted by Crippen LogP contribution is -2.28. The van der Waals surface area contributed by atoms with Gasteiger partial charge in [-0.2, -0.15) is 0 Å². The van der Waals surface area contributed by atoms with Crippen LogP contribution in [-0.2, 0) is 11.2 Å². The smallest absolute Gasteiger partial charge is 0.242 e. The molecule has 0 unspecified atom stereocenters. The monoisotopic (exact) mass is 418 g/mol. The molecule has 7 heteroatoms. The summed E-state index contributed by atoms with van der Waals surface area (Å²) in [6, 6.07) is 13.5. The summed E-state index contributed by atoms with van der Waals surface area (Å²) in [5.74, 6) is 1.56. The maximum Gasteiger partial charge on any atom is 0.242 e. The summed E-state index contributed by atoms with van der Waals surface area (Å²) >= 11 is 4.91. The van der Waals surface area contributed by atoms with Crippen LogP contribution >= 0.6 is 27.7 Å². The average Bonchev–Trinajstić information content (AvgIpc) is 3.17. The third-order valence-electron chi connectivity index (χ3n) is 4.05. The number of ether oxygens (including phenoxy) is 2. The van der Waals surface area contributed by atoms with Crippen LogP contribution < -0.4 is 9.47 Å². The minimum absolute atomic E-state index is 0.0681. The number of aliphatic imine (C=N–C) groups is 1. The van der Waals surface area contributed by atoms with Gasteiger partial charge < -0.3 is 9.47 Å². The highest BCUT2D eigenvalue weighted by molar-refractivity contribution is 9.10. The predicted octanol–water partition coefficient (Wildman–Crippen LogP) is 3.98. The molecule has 2 aromatic carbocycles. The zero-order chi connectivity index (χ0) is 17.4. The number of benzene rings is 2. The van der Waals surface area contributed by atoms with Gasteiger partial charge in [0.1, 0.15) is 0 Å². The van der Waals surface area contributed by atoms with Crippen LogP contribution in [0.2, 0.25) is 0 Å². The van der Waals surface area contributed by atoms with Crippen molar-refractivity contribution in [3.05, 3.63) is 52.5 Å². The quantitative estimate of drug-likeness (QED) is 0.755. The first kappa shape index (κ1) is 16.5. The fourth-order valence-corrected chi connectivity index (χ4v) is 4.17. The van der Waals surface area contributed by atoms with Gasteiger partial charge in [0.05, 0.1) is 10.9 Å². The van der Waals surface area contributed by atoms with Gasteiger partial charge in [-0.3, -0.25) is 9.69 Å². The van der Waals surface area contributed by atoms with Crippen molar-refractivity contribution in [2.75, 3.05) is 13.8 Å². The van der Waals surface area contributed by atoms with E-state index in [1.54, 1.807) is 11.9 Å². The zero-order valence-electron chi connectivity index (χ0n) is 13.4. The zero-order valence-corrected chi connectivity index (χ0v) is 15.8. The molecule has 2 aliphatic heterocycles. The molecule has 0 N–H and O–H groups in total. The van der Waals surface area contributed by atoms with Gasteiger partial charge in [-0.15, -0.1) is 0 Å². The number of halogens is 1. The molecule has 4 rings (SSSR count). The van der Waals surface area contributed by atoms with Crippen LogP contribution in [0, 0.1) is 0 Å². The number of fused-ring (bicyclic) bond motifs is 1. The van der Waals surface area contributed by atoms with Crippen molar-refractivity contribution in [2.45, 2.75) is 11.7 Å². The van der Waals surface area contributed by atoms with E-state index in [9.17, 15) is 4.79 Å². The van der Waals surface area contributed by atoms with Gasteiger partial charge in [0, 0.05) is 11.5 Å². The van der Waals surface area contributed by atoms with E-state index in [1.165, 1.54) is 11.8 Å². The molecule has 0 saturated carbocycles. The van der Waals surface area contributed by atoms with Crippen LogP contribution in [0.15, 0.2) is 51.9 Å². The van der Waals surface area contributed by atoms with Crippen LogP contribution in [-0.4, -0.2) is 35.1 Å². The molecule has 0 aliphatic carbocycles. The summed E-state index contributed by atoms with van der Waals surface area (Å²) in [5, 5.41) is 0.539. The number of hydrogen-bond donors (Lipinski definition) is 0. The van der Waals surface area contributed by atoms with Crippen molar-refractivity contribution in [2.24, 2.45) is 4.99 Å². The lowest BCUT2D eigenvalue weighted by molar-refractivity contribution is -0.125. The molecule has 128 valence electrons. The summed E-state index contributed by atoms with van der Waals surface area (Å²) in [4.78, 5) is 18.8. The van der Waals surface area contributed by atoms with Gasteiger partial charge in [-0.05, 0) is 48.4 Å². The van der Waals surface area contributed by atoms with E-state index >= 15 is 0 Å². The normalized spacial score (nSPS) is 20.6. The van der Waals surface area contributed by atoms with Gasteiger partial charge in [-0.25, -0.2) is 4.99 Å². The van der Waals surface area contributed by atoms with Crippen molar-refractivity contribution in [3.63, 3.8) is 0 Å². The minimum atomic E-state index is -0.181. The highest BCUT2D eigenvalue weighted by atomic mass is 79.9. The minimum Gasteiger partial charge on any atom is -0.454 e. The highest BCUT2D eigenvalue weighted by Gasteiger charge is 2.35. The van der Waals surface area contributed by atoms with E-state index < -0.39 is 0 Å². The first-order valence-electron chi connectivity index (χ1n) is 7.77. The number of rotatable bonds is 3. The van der Waals surface area contributed by atoms with Crippen LogP contribution in [0.1, 0.15) is 5.56 Å². The van der Waals surface area contributed by atoms with Gasteiger partial charge in [-0.1, -0.05) is 33.8 Å². The lowest BCUT2D eigenvalue weighted by atomic mass is 10.1. The predicted molar refractivity (Wildman–Crippen MR) is 102 cm³/mol. The number of carbonyl (C=O) groups is 1. The highest BCUT2D eigenvalue weighted by Crippen LogP contribution is 2.35. The molecule has 25 heavy (non-hydrogen) atoms. The van der Waals surface area contributed by atoms with E-state index in [4.69, 9.17) is 9.47 Å². The van der Waals surface area contributed by atoms with E-state index in [0.717, 1.165) is 32.4 Å². The molecule has 2 aromatic rings. The summed E-state index contributed by atoms with van der Waals surface area (Å²) < 4.78 is 11.7. The molecule has 1 saturated heterocycles. The second-order valence-corrected chi connectivity index (χ2v) is 7.85. The largest absolute Gasteiger partial charge is 0.454 e. The van der Waals surface area contributed by atoms with Crippen molar-refractivity contribution in [1.29, 1.82) is 0 Å². The summed E-state index contributed by atoms with van der Waals surface area (Å²) in [5.41, 5.74) is 1.88. The van der Waals surface area contributed by atoms with E-state index in [-0.39, 0.29) is 18.0 Å². The van der Waals surface area contributed by atoms with Gasteiger partial charge in [0.2, 0.25) is 12.7 Å². The van der Waals surface area contributed by atoms with Gasteiger partial charge in [0.25, 0.3) is 0 Å². The second kappa shape index (κ2) is 6.72. The van der Waals surface area contributed by atoms with Crippen molar-refractivity contribution in [3.8, 4) is 11.5 Å². The fourth-order valence-electron chi connectivity index (χ4n) is 2.71. The Balaban J connectivity index is 1.52. The first-order chi connectivity index (χ1) is 12.1. The Bertz CT molecular complexity index is 854. The molecule has 2 aliphatic rings. The Morgan fingerprint density at radius 3 is 2.76 bits per heavy atom. The molecule has 0 radical (unpaired) electrons. The average molecular weight is 419 g/mol. The van der Waals surface area contributed by atoms with Crippen molar-refractivity contribution < 1.29 is 14.3 Å². The first-order valence-corrected chi connectivity index (χ1v) is 9.44. The lowest BCUT2D eigenvalue weighted by Gasteiger charge is -2.09. The van der Waals surface area contributed by atoms with Crippen LogP contribution in [0.4, 0.5) is 5.69 Å². The van der Waals surface area contributed by atoms with Crippen LogP contribution in [0.5, 0.6) is 11.5 Å². The summed E-state index contributed by atoms with van der Waals surface area (Å²) in [6.07, 6.45) is 0.629. The summed E-state index contributed by atoms with van der Waals surface area (Å²) in [6.45, 7) is 0.253. The Labute approximate surface area is 158 Å². The summed E-state index contributed by atoms with van der Waals surface area (Å²) in [7, 11) is 1.77. The second-order valence-electron chi connectivity index (χ2n) is 5.77. The molecular weight excluding hydrogens is 404 g/mol. The molecular formula is C18H15BrN2O3S. The number of hydrogen-bond acceptors (Lipinski definition) is 5. The molecule has 0 aromatic heterocycles. The van der Waals surface area contributed by atoms with E-state index in [0.29, 0.717) is 6.42 Å². The Hall–Kier alpha value is -1.99. The van der Waals surface area contributed by atoms with E-state index in [1.807, 2.05) is 42.5 Å². The molecule has 1 fully saturated rings. The maximum absolute atomic E-state index is 12.6. The molecule has 0 bridgehead atoms. The molecule has 1 amide bonds. The van der Waals surface area contributed by atoms with Crippen LogP contribution in [0.25, 0.3) is 0 Å². The molecule has 5 nitrogen and oxygen atoms in total.